The molecule has 2 aromatic rings. The van der Waals surface area contributed by atoms with Crippen molar-refractivity contribution in [2.45, 2.75) is 12.8 Å². The van der Waals surface area contributed by atoms with Crippen LogP contribution in [0.2, 0.25) is 0 Å². The first kappa shape index (κ1) is 16.8. The van der Waals surface area contributed by atoms with Crippen LogP contribution in [-0.2, 0) is 11.2 Å². The molecule has 3 rings (SSSR count). The maximum atomic E-state index is 12.2. The number of carbonyl (C=O) groups excluding carboxylic acids is 2. The molecule has 25 heavy (non-hydrogen) atoms. The third kappa shape index (κ3) is 4.29. The molecule has 0 aliphatic carbocycles. The molecule has 2 amide bonds. The molecule has 6 nitrogen and oxygen atoms in total. The van der Waals surface area contributed by atoms with Gasteiger partial charge in [0, 0.05) is 18.0 Å². The van der Waals surface area contributed by atoms with Crippen molar-refractivity contribution >= 4 is 11.8 Å². The van der Waals surface area contributed by atoms with E-state index in [0.29, 0.717) is 36.4 Å². The first-order chi connectivity index (χ1) is 12.1. The van der Waals surface area contributed by atoms with Gasteiger partial charge in [0.1, 0.15) is 0 Å². The van der Waals surface area contributed by atoms with Gasteiger partial charge in [-0.1, -0.05) is 30.3 Å². The highest BCUT2D eigenvalue weighted by molar-refractivity contribution is 5.94. The summed E-state index contributed by atoms with van der Waals surface area (Å²) in [5.74, 6) is 0.293. The minimum atomic E-state index is -0.360. The van der Waals surface area contributed by atoms with Crippen LogP contribution in [0.4, 0.5) is 0 Å². The predicted molar refractivity (Wildman–Crippen MR) is 92.3 cm³/mol. The second kappa shape index (κ2) is 7.70. The molecule has 0 saturated heterocycles. The Morgan fingerprint density at radius 2 is 1.84 bits per heavy atom. The van der Waals surface area contributed by atoms with Gasteiger partial charge < -0.3 is 20.5 Å². The summed E-state index contributed by atoms with van der Waals surface area (Å²) >= 11 is 0. The Kier molecular flexibility index (Phi) is 5.18. The minimum absolute atomic E-state index is 0.167. The van der Waals surface area contributed by atoms with E-state index in [1.165, 1.54) is 0 Å². The van der Waals surface area contributed by atoms with Gasteiger partial charge >= 0.3 is 0 Å². The quantitative estimate of drug-likeness (QED) is 0.805. The topological polar surface area (TPSA) is 90.7 Å². The monoisotopic (exact) mass is 340 g/mol. The summed E-state index contributed by atoms with van der Waals surface area (Å²) in [7, 11) is 0. The molecule has 6 heteroatoms. The van der Waals surface area contributed by atoms with Crippen molar-refractivity contribution in [1.82, 2.24) is 5.32 Å². The highest BCUT2D eigenvalue weighted by atomic mass is 16.7. The standard InChI is InChI=1S/C19H20N2O4/c20-18(22)14(10-13-4-2-1-3-5-13)8-9-21-19(23)15-6-7-16-17(11-15)25-12-24-16/h1-7,11,14H,8-10,12H2,(H2,20,22)(H,21,23)/t14-/m1/s1. The zero-order valence-corrected chi connectivity index (χ0v) is 13.7. The van der Waals surface area contributed by atoms with E-state index >= 15 is 0 Å². The number of amides is 2. The van der Waals surface area contributed by atoms with Crippen molar-refractivity contribution in [1.29, 1.82) is 0 Å². The first-order valence-electron chi connectivity index (χ1n) is 8.14. The SMILES string of the molecule is NC(=O)[C@H](CCNC(=O)c1ccc2c(c1)OCO2)Cc1ccccc1. The molecule has 1 aliphatic rings. The molecule has 0 bridgehead atoms. The molecule has 0 aromatic heterocycles. The van der Waals surface area contributed by atoms with Gasteiger partial charge in [-0.2, -0.15) is 0 Å². The molecule has 0 spiro atoms. The zero-order valence-electron chi connectivity index (χ0n) is 13.7. The van der Waals surface area contributed by atoms with E-state index < -0.39 is 0 Å². The lowest BCUT2D eigenvalue weighted by Crippen LogP contribution is -2.31. The smallest absolute Gasteiger partial charge is 0.251 e. The Morgan fingerprint density at radius 3 is 2.60 bits per heavy atom. The van der Waals surface area contributed by atoms with E-state index in [9.17, 15) is 9.59 Å². The number of ether oxygens (including phenoxy) is 2. The summed E-state index contributed by atoms with van der Waals surface area (Å²) in [5, 5.41) is 2.82. The third-order valence-corrected chi connectivity index (χ3v) is 4.14. The number of benzene rings is 2. The van der Waals surface area contributed by atoms with Crippen molar-refractivity contribution in [2.24, 2.45) is 11.7 Å². The molecule has 1 atom stereocenters. The van der Waals surface area contributed by atoms with E-state index in [1.807, 2.05) is 30.3 Å². The van der Waals surface area contributed by atoms with Crippen LogP contribution in [-0.4, -0.2) is 25.2 Å². The van der Waals surface area contributed by atoms with Gasteiger partial charge in [0.05, 0.1) is 0 Å². The summed E-state index contributed by atoms with van der Waals surface area (Å²) < 4.78 is 10.5. The average Bonchev–Trinajstić information content (AvgIpc) is 3.09. The summed E-state index contributed by atoms with van der Waals surface area (Å²) in [4.78, 5) is 23.9. The summed E-state index contributed by atoms with van der Waals surface area (Å²) in [6.45, 7) is 0.536. The van der Waals surface area contributed by atoms with Gasteiger partial charge in [-0.05, 0) is 36.6 Å². The molecular weight excluding hydrogens is 320 g/mol. The van der Waals surface area contributed by atoms with Gasteiger partial charge in [-0.25, -0.2) is 0 Å². The Labute approximate surface area is 145 Å². The van der Waals surface area contributed by atoms with E-state index in [2.05, 4.69) is 5.32 Å². The van der Waals surface area contributed by atoms with Crippen LogP contribution in [0.5, 0.6) is 11.5 Å². The number of hydrogen-bond acceptors (Lipinski definition) is 4. The van der Waals surface area contributed by atoms with Crippen molar-refractivity contribution in [3.8, 4) is 11.5 Å². The van der Waals surface area contributed by atoms with Crippen molar-refractivity contribution in [2.75, 3.05) is 13.3 Å². The summed E-state index contributed by atoms with van der Waals surface area (Å²) in [6.07, 6.45) is 1.05. The highest BCUT2D eigenvalue weighted by Gasteiger charge is 2.18. The van der Waals surface area contributed by atoms with Crippen LogP contribution in [0.3, 0.4) is 0 Å². The number of fused-ring (bicyclic) bond motifs is 1. The number of nitrogens with one attached hydrogen (secondary N) is 1. The Hall–Kier alpha value is -3.02. The number of rotatable bonds is 7. The number of primary amides is 1. The molecule has 1 heterocycles. The summed E-state index contributed by atoms with van der Waals surface area (Å²) in [5.41, 5.74) is 7.03. The zero-order chi connectivity index (χ0) is 17.6. The fourth-order valence-electron chi connectivity index (χ4n) is 2.74. The van der Waals surface area contributed by atoms with Gasteiger partial charge in [0.15, 0.2) is 11.5 Å². The molecule has 0 unspecified atom stereocenters. The molecule has 0 saturated carbocycles. The predicted octanol–water partition coefficient (Wildman–Crippen LogP) is 1.88. The van der Waals surface area contributed by atoms with Crippen LogP contribution in [0.1, 0.15) is 22.3 Å². The second-order valence-corrected chi connectivity index (χ2v) is 5.90. The Balaban J connectivity index is 1.53. The lowest BCUT2D eigenvalue weighted by Gasteiger charge is -2.14. The van der Waals surface area contributed by atoms with Gasteiger partial charge in [-0.15, -0.1) is 0 Å². The van der Waals surface area contributed by atoms with Gasteiger partial charge in [0.2, 0.25) is 12.7 Å². The fraction of sp³-hybridized carbons (Fsp3) is 0.263. The fourth-order valence-corrected chi connectivity index (χ4v) is 2.74. The van der Waals surface area contributed by atoms with Crippen molar-refractivity contribution < 1.29 is 19.1 Å². The third-order valence-electron chi connectivity index (χ3n) is 4.14. The molecule has 0 radical (unpaired) electrons. The lowest BCUT2D eigenvalue weighted by atomic mass is 9.95. The van der Waals surface area contributed by atoms with Crippen molar-refractivity contribution in [3.05, 3.63) is 59.7 Å². The van der Waals surface area contributed by atoms with Crippen molar-refractivity contribution in [3.63, 3.8) is 0 Å². The van der Waals surface area contributed by atoms with Crippen LogP contribution in [0.15, 0.2) is 48.5 Å². The first-order valence-corrected chi connectivity index (χ1v) is 8.14. The van der Waals surface area contributed by atoms with E-state index in [-0.39, 0.29) is 24.5 Å². The van der Waals surface area contributed by atoms with E-state index in [4.69, 9.17) is 15.2 Å². The molecular formula is C19H20N2O4. The second-order valence-electron chi connectivity index (χ2n) is 5.90. The van der Waals surface area contributed by atoms with Crippen LogP contribution >= 0.6 is 0 Å². The van der Waals surface area contributed by atoms with Gasteiger partial charge in [0.25, 0.3) is 5.91 Å². The molecule has 2 aromatic carbocycles. The number of carbonyl (C=O) groups is 2. The average molecular weight is 340 g/mol. The maximum absolute atomic E-state index is 12.2. The Bertz CT molecular complexity index is 761. The van der Waals surface area contributed by atoms with Crippen LogP contribution in [0, 0.1) is 5.92 Å². The minimum Gasteiger partial charge on any atom is -0.454 e. The molecule has 3 N–H and O–H groups in total. The number of hydrogen-bond donors (Lipinski definition) is 2. The normalized spacial score (nSPS) is 13.3. The lowest BCUT2D eigenvalue weighted by molar-refractivity contribution is -0.121. The largest absolute Gasteiger partial charge is 0.454 e. The van der Waals surface area contributed by atoms with E-state index in [0.717, 1.165) is 5.56 Å². The Morgan fingerprint density at radius 1 is 1.08 bits per heavy atom. The number of nitrogens with two attached hydrogens (primary N) is 1. The maximum Gasteiger partial charge on any atom is 0.251 e. The molecule has 130 valence electrons. The molecule has 1 aliphatic heterocycles. The summed E-state index contributed by atoms with van der Waals surface area (Å²) in [6, 6.07) is 14.7. The highest BCUT2D eigenvalue weighted by Crippen LogP contribution is 2.32. The molecule has 0 fully saturated rings. The van der Waals surface area contributed by atoms with Crippen LogP contribution < -0.4 is 20.5 Å². The van der Waals surface area contributed by atoms with E-state index in [1.54, 1.807) is 18.2 Å². The van der Waals surface area contributed by atoms with Gasteiger partial charge in [-0.3, -0.25) is 9.59 Å². The van der Waals surface area contributed by atoms with Crippen LogP contribution in [0.25, 0.3) is 0 Å².